The molecule has 0 aliphatic heterocycles. The fourth-order valence-corrected chi connectivity index (χ4v) is 2.20. The predicted molar refractivity (Wildman–Crippen MR) is 82.4 cm³/mol. The summed E-state index contributed by atoms with van der Waals surface area (Å²) >= 11 is 0. The van der Waals surface area contributed by atoms with Crippen LogP contribution in [-0.4, -0.2) is 12.1 Å². The third-order valence-electron chi connectivity index (χ3n) is 3.28. The van der Waals surface area contributed by atoms with Crippen molar-refractivity contribution < 1.29 is 9.13 Å². The number of rotatable bonds is 3. The molecule has 3 aromatic rings. The molecule has 2 aromatic carbocycles. The van der Waals surface area contributed by atoms with Crippen LogP contribution in [0.4, 0.5) is 21.5 Å². The number of pyridine rings is 1. The maximum atomic E-state index is 13.6. The van der Waals surface area contributed by atoms with Crippen molar-refractivity contribution in [3.8, 4) is 5.75 Å². The van der Waals surface area contributed by atoms with E-state index < -0.39 is 5.82 Å². The molecule has 0 spiro atoms. The van der Waals surface area contributed by atoms with Crippen molar-refractivity contribution in [1.29, 1.82) is 0 Å². The lowest BCUT2D eigenvalue weighted by molar-refractivity contribution is 0.387. The van der Waals surface area contributed by atoms with Crippen molar-refractivity contribution in [2.24, 2.45) is 0 Å². The van der Waals surface area contributed by atoms with E-state index in [9.17, 15) is 4.39 Å². The maximum absolute atomic E-state index is 13.6. The molecule has 0 aliphatic rings. The molecule has 106 valence electrons. The van der Waals surface area contributed by atoms with Crippen LogP contribution in [0, 0.1) is 5.82 Å². The van der Waals surface area contributed by atoms with Gasteiger partial charge < -0.3 is 15.8 Å². The number of nitrogens with two attached hydrogens (primary N) is 1. The molecule has 0 aliphatic carbocycles. The molecule has 3 rings (SSSR count). The number of nitrogens with one attached hydrogen (secondary N) is 1. The van der Waals surface area contributed by atoms with Crippen molar-refractivity contribution in [3.63, 3.8) is 0 Å². The second-order valence-electron chi connectivity index (χ2n) is 4.60. The minimum Gasteiger partial charge on any atom is -0.494 e. The van der Waals surface area contributed by atoms with Crippen LogP contribution in [0.5, 0.6) is 5.75 Å². The van der Waals surface area contributed by atoms with Crippen LogP contribution in [-0.2, 0) is 0 Å². The molecular formula is C16H14FN3O. The van der Waals surface area contributed by atoms with E-state index in [1.807, 2.05) is 24.3 Å². The molecule has 0 bridgehead atoms. The van der Waals surface area contributed by atoms with Gasteiger partial charge in [-0.3, -0.25) is 4.98 Å². The fraction of sp³-hybridized carbons (Fsp3) is 0.0625. The van der Waals surface area contributed by atoms with Crippen molar-refractivity contribution >= 4 is 27.8 Å². The standard InChI is InChI=1S/C16H14FN3O/c1-21-16-8-15(13(18)7-12(16)17)20-14-4-2-3-10-5-6-19-9-11(10)14/h2-9,20H,18H2,1H3. The van der Waals surface area contributed by atoms with Crippen LogP contribution in [0.2, 0.25) is 0 Å². The summed E-state index contributed by atoms with van der Waals surface area (Å²) in [4.78, 5) is 4.13. The van der Waals surface area contributed by atoms with Gasteiger partial charge in [0.2, 0.25) is 0 Å². The molecule has 0 saturated heterocycles. The van der Waals surface area contributed by atoms with Gasteiger partial charge in [-0.2, -0.15) is 0 Å². The van der Waals surface area contributed by atoms with E-state index in [0.717, 1.165) is 16.5 Å². The van der Waals surface area contributed by atoms with Gasteiger partial charge in [-0.15, -0.1) is 0 Å². The number of nitrogen functional groups attached to an aromatic ring is 1. The van der Waals surface area contributed by atoms with Gasteiger partial charge in [-0.05, 0) is 17.5 Å². The first-order valence-electron chi connectivity index (χ1n) is 6.42. The summed E-state index contributed by atoms with van der Waals surface area (Å²) in [6.45, 7) is 0. The maximum Gasteiger partial charge on any atom is 0.167 e. The lowest BCUT2D eigenvalue weighted by atomic mass is 10.1. The zero-order chi connectivity index (χ0) is 14.8. The largest absolute Gasteiger partial charge is 0.494 e. The summed E-state index contributed by atoms with van der Waals surface area (Å²) < 4.78 is 18.6. The van der Waals surface area contributed by atoms with Crippen LogP contribution >= 0.6 is 0 Å². The smallest absolute Gasteiger partial charge is 0.167 e. The van der Waals surface area contributed by atoms with Crippen LogP contribution in [0.25, 0.3) is 10.8 Å². The summed E-state index contributed by atoms with van der Waals surface area (Å²) in [6.07, 6.45) is 3.51. The van der Waals surface area contributed by atoms with Crippen molar-refractivity contribution in [1.82, 2.24) is 4.98 Å². The van der Waals surface area contributed by atoms with Gasteiger partial charge in [0.05, 0.1) is 18.5 Å². The summed E-state index contributed by atoms with van der Waals surface area (Å²) in [5.41, 5.74) is 7.61. The average Bonchev–Trinajstić information content (AvgIpc) is 2.50. The molecule has 0 atom stereocenters. The van der Waals surface area contributed by atoms with Gasteiger partial charge in [0.1, 0.15) is 0 Å². The highest BCUT2D eigenvalue weighted by Gasteiger charge is 2.09. The highest BCUT2D eigenvalue weighted by Crippen LogP contribution is 2.32. The van der Waals surface area contributed by atoms with Crippen LogP contribution in [0.1, 0.15) is 0 Å². The SMILES string of the molecule is COc1cc(Nc2cccc3ccncc23)c(N)cc1F. The molecule has 0 fully saturated rings. The van der Waals surface area contributed by atoms with E-state index in [0.29, 0.717) is 11.4 Å². The van der Waals surface area contributed by atoms with Gasteiger partial charge in [-0.1, -0.05) is 12.1 Å². The second kappa shape index (κ2) is 5.28. The number of aromatic nitrogens is 1. The highest BCUT2D eigenvalue weighted by atomic mass is 19.1. The molecule has 3 N–H and O–H groups in total. The molecule has 5 heteroatoms. The molecule has 0 amide bonds. The van der Waals surface area contributed by atoms with Crippen molar-refractivity contribution in [2.45, 2.75) is 0 Å². The first-order valence-corrected chi connectivity index (χ1v) is 6.42. The number of halogens is 1. The lowest BCUT2D eigenvalue weighted by Crippen LogP contribution is -1.99. The van der Waals surface area contributed by atoms with E-state index in [4.69, 9.17) is 10.5 Å². The van der Waals surface area contributed by atoms with E-state index in [1.165, 1.54) is 13.2 Å². The number of benzene rings is 2. The number of anilines is 3. The first kappa shape index (κ1) is 13.2. The number of hydrogen-bond donors (Lipinski definition) is 2. The molecule has 4 nitrogen and oxygen atoms in total. The molecule has 21 heavy (non-hydrogen) atoms. The Labute approximate surface area is 121 Å². The Hall–Kier alpha value is -2.82. The minimum atomic E-state index is -0.486. The topological polar surface area (TPSA) is 60.2 Å². The number of ether oxygens (including phenoxy) is 1. The van der Waals surface area contributed by atoms with Crippen molar-refractivity contribution in [3.05, 3.63) is 54.6 Å². The van der Waals surface area contributed by atoms with E-state index in [-0.39, 0.29) is 5.75 Å². The Balaban J connectivity index is 2.07. The van der Waals surface area contributed by atoms with Gasteiger partial charge >= 0.3 is 0 Å². The van der Waals surface area contributed by atoms with E-state index >= 15 is 0 Å². The number of fused-ring (bicyclic) bond motifs is 1. The van der Waals surface area contributed by atoms with Gasteiger partial charge in [0.25, 0.3) is 0 Å². The fourth-order valence-electron chi connectivity index (χ4n) is 2.20. The summed E-state index contributed by atoms with van der Waals surface area (Å²) in [5.74, 6) is -0.342. The Bertz CT molecular complexity index is 799. The van der Waals surface area contributed by atoms with Crippen LogP contribution in [0.3, 0.4) is 0 Å². The second-order valence-corrected chi connectivity index (χ2v) is 4.60. The minimum absolute atomic E-state index is 0.144. The number of methoxy groups -OCH3 is 1. The van der Waals surface area contributed by atoms with Crippen LogP contribution < -0.4 is 15.8 Å². The van der Waals surface area contributed by atoms with Gasteiger partial charge in [0.15, 0.2) is 11.6 Å². The Kier molecular flexibility index (Phi) is 3.31. The number of hydrogen-bond acceptors (Lipinski definition) is 4. The van der Waals surface area contributed by atoms with E-state index in [1.54, 1.807) is 18.5 Å². The molecule has 1 aromatic heterocycles. The Morgan fingerprint density at radius 1 is 1.19 bits per heavy atom. The molecule has 0 saturated carbocycles. The zero-order valence-corrected chi connectivity index (χ0v) is 11.4. The number of nitrogens with zero attached hydrogens (tertiary/aromatic N) is 1. The van der Waals surface area contributed by atoms with E-state index in [2.05, 4.69) is 10.3 Å². The molecule has 0 unspecified atom stereocenters. The normalized spacial score (nSPS) is 10.6. The molecule has 0 radical (unpaired) electrons. The third-order valence-corrected chi connectivity index (χ3v) is 3.28. The summed E-state index contributed by atoms with van der Waals surface area (Å²) in [5, 5.41) is 5.22. The highest BCUT2D eigenvalue weighted by molar-refractivity contribution is 5.95. The van der Waals surface area contributed by atoms with Crippen molar-refractivity contribution in [2.75, 3.05) is 18.2 Å². The van der Waals surface area contributed by atoms with Gasteiger partial charge in [0, 0.05) is 35.6 Å². The Morgan fingerprint density at radius 3 is 2.86 bits per heavy atom. The average molecular weight is 283 g/mol. The van der Waals surface area contributed by atoms with Crippen LogP contribution in [0.15, 0.2) is 48.8 Å². The Morgan fingerprint density at radius 2 is 2.05 bits per heavy atom. The first-order chi connectivity index (χ1) is 10.2. The zero-order valence-electron chi connectivity index (χ0n) is 11.4. The third kappa shape index (κ3) is 2.45. The predicted octanol–water partition coefficient (Wildman–Crippen LogP) is 3.71. The summed E-state index contributed by atoms with van der Waals surface area (Å²) in [7, 11) is 1.42. The quantitative estimate of drug-likeness (QED) is 0.719. The van der Waals surface area contributed by atoms with Gasteiger partial charge in [-0.25, -0.2) is 4.39 Å². The monoisotopic (exact) mass is 283 g/mol. The lowest BCUT2D eigenvalue weighted by Gasteiger charge is -2.13. The molecular weight excluding hydrogens is 269 g/mol. The molecule has 1 heterocycles. The summed E-state index contributed by atoms with van der Waals surface area (Å²) in [6, 6.07) is 10.6.